The van der Waals surface area contributed by atoms with Gasteiger partial charge in [0, 0.05) is 23.1 Å². The molecule has 1 aliphatic carbocycles. The van der Waals surface area contributed by atoms with Crippen LogP contribution in [0.1, 0.15) is 36.0 Å². The summed E-state index contributed by atoms with van der Waals surface area (Å²) in [5, 5.41) is 4.58. The molecule has 0 aliphatic heterocycles. The zero-order valence-corrected chi connectivity index (χ0v) is 14.9. The molecule has 7 heteroatoms. The Hall–Kier alpha value is -2.60. The van der Waals surface area contributed by atoms with Crippen LogP contribution >= 0.6 is 11.6 Å². The van der Waals surface area contributed by atoms with Crippen molar-refractivity contribution in [2.75, 3.05) is 0 Å². The zero-order valence-electron chi connectivity index (χ0n) is 14.1. The van der Waals surface area contributed by atoms with Gasteiger partial charge in [-0.2, -0.15) is 0 Å². The number of aromatic amines is 1. The molecule has 3 aromatic rings. The van der Waals surface area contributed by atoms with E-state index in [-0.39, 0.29) is 18.1 Å². The summed E-state index contributed by atoms with van der Waals surface area (Å²) in [6.45, 7) is 0. The second kappa shape index (κ2) is 7.33. The Bertz CT molecular complexity index is 901. The van der Waals surface area contributed by atoms with Crippen LogP contribution in [0.5, 0.6) is 6.01 Å². The SMILES string of the molecule is O=C(NC1CCC(Oc2ncc(Cl)cn2)CC1)c1c[nH]c2ccccc12. The molecule has 2 heterocycles. The molecule has 2 aromatic heterocycles. The lowest BCUT2D eigenvalue weighted by atomic mass is 9.92. The summed E-state index contributed by atoms with van der Waals surface area (Å²) in [5.74, 6) is -0.0344. The van der Waals surface area contributed by atoms with Gasteiger partial charge in [0.25, 0.3) is 5.91 Å². The van der Waals surface area contributed by atoms with Gasteiger partial charge in [-0.25, -0.2) is 9.97 Å². The van der Waals surface area contributed by atoms with Crippen molar-refractivity contribution < 1.29 is 9.53 Å². The fourth-order valence-corrected chi connectivity index (χ4v) is 3.46. The van der Waals surface area contributed by atoms with Crippen molar-refractivity contribution in [3.63, 3.8) is 0 Å². The molecule has 26 heavy (non-hydrogen) atoms. The number of amides is 1. The van der Waals surface area contributed by atoms with Crippen LogP contribution in [-0.4, -0.2) is 33.0 Å². The van der Waals surface area contributed by atoms with Gasteiger partial charge in [-0.15, -0.1) is 0 Å². The molecule has 134 valence electrons. The predicted octanol–water partition coefficient (Wildman–Crippen LogP) is 3.73. The summed E-state index contributed by atoms with van der Waals surface area (Å²) in [5.41, 5.74) is 1.66. The van der Waals surface area contributed by atoms with E-state index < -0.39 is 0 Å². The standard InChI is InChI=1S/C19H19ClN4O2/c20-12-9-22-19(23-10-12)26-14-7-5-13(6-8-14)24-18(25)16-11-21-17-4-2-1-3-15(16)17/h1-4,9-11,13-14,21H,5-8H2,(H,24,25). The van der Waals surface area contributed by atoms with Gasteiger partial charge in [-0.1, -0.05) is 29.8 Å². The second-order valence-electron chi connectivity index (χ2n) is 6.50. The average molecular weight is 371 g/mol. The molecule has 0 radical (unpaired) electrons. The first-order chi connectivity index (χ1) is 12.7. The minimum absolute atomic E-state index is 0.0344. The van der Waals surface area contributed by atoms with E-state index in [9.17, 15) is 4.79 Å². The van der Waals surface area contributed by atoms with Gasteiger partial charge in [-0.05, 0) is 31.7 Å². The van der Waals surface area contributed by atoms with Crippen molar-refractivity contribution in [2.45, 2.75) is 37.8 Å². The number of carbonyl (C=O) groups is 1. The molecule has 1 fully saturated rings. The van der Waals surface area contributed by atoms with E-state index in [1.54, 1.807) is 6.20 Å². The maximum absolute atomic E-state index is 12.6. The van der Waals surface area contributed by atoms with E-state index in [1.807, 2.05) is 24.3 Å². The summed E-state index contributed by atoms with van der Waals surface area (Å²) in [7, 11) is 0. The lowest BCUT2D eigenvalue weighted by Gasteiger charge is -2.28. The number of carbonyl (C=O) groups excluding carboxylic acids is 1. The minimum Gasteiger partial charge on any atom is -0.460 e. The van der Waals surface area contributed by atoms with Crippen molar-refractivity contribution in [1.29, 1.82) is 0 Å². The summed E-state index contributed by atoms with van der Waals surface area (Å²) >= 11 is 5.78. The van der Waals surface area contributed by atoms with Gasteiger partial charge in [0.05, 0.1) is 23.0 Å². The summed E-state index contributed by atoms with van der Waals surface area (Å²) in [6, 6.07) is 8.31. The first-order valence-corrected chi connectivity index (χ1v) is 9.08. The summed E-state index contributed by atoms with van der Waals surface area (Å²) in [6.07, 6.45) is 8.33. The topological polar surface area (TPSA) is 79.9 Å². The Kier molecular flexibility index (Phi) is 4.75. The Morgan fingerprint density at radius 3 is 2.65 bits per heavy atom. The number of halogens is 1. The molecular formula is C19H19ClN4O2. The number of nitrogens with zero attached hydrogens (tertiary/aromatic N) is 2. The van der Waals surface area contributed by atoms with Crippen LogP contribution < -0.4 is 10.1 Å². The minimum atomic E-state index is -0.0344. The number of hydrogen-bond donors (Lipinski definition) is 2. The number of ether oxygens (including phenoxy) is 1. The fraction of sp³-hybridized carbons (Fsp3) is 0.316. The Morgan fingerprint density at radius 2 is 1.88 bits per heavy atom. The third kappa shape index (κ3) is 3.65. The van der Waals surface area contributed by atoms with Gasteiger partial charge in [0.15, 0.2) is 0 Å². The lowest BCUT2D eigenvalue weighted by Crippen LogP contribution is -2.39. The van der Waals surface area contributed by atoms with Crippen molar-refractivity contribution in [1.82, 2.24) is 20.3 Å². The largest absolute Gasteiger partial charge is 0.460 e. The van der Waals surface area contributed by atoms with Crippen LogP contribution in [0.15, 0.2) is 42.9 Å². The Morgan fingerprint density at radius 1 is 1.15 bits per heavy atom. The molecule has 1 saturated carbocycles. The molecule has 1 aliphatic rings. The van der Waals surface area contributed by atoms with Crippen molar-refractivity contribution in [3.8, 4) is 6.01 Å². The van der Waals surface area contributed by atoms with E-state index in [1.165, 1.54) is 12.4 Å². The Labute approximate surface area is 155 Å². The molecule has 1 amide bonds. The van der Waals surface area contributed by atoms with Gasteiger partial charge in [0.1, 0.15) is 6.10 Å². The van der Waals surface area contributed by atoms with E-state index in [0.717, 1.165) is 36.6 Å². The van der Waals surface area contributed by atoms with Crippen LogP contribution in [0, 0.1) is 0 Å². The summed E-state index contributed by atoms with van der Waals surface area (Å²) < 4.78 is 5.79. The zero-order chi connectivity index (χ0) is 17.9. The normalized spacial score (nSPS) is 20.0. The van der Waals surface area contributed by atoms with E-state index in [0.29, 0.717) is 16.6 Å². The molecule has 2 N–H and O–H groups in total. The first kappa shape index (κ1) is 16.8. The van der Waals surface area contributed by atoms with Gasteiger partial charge >= 0.3 is 6.01 Å². The van der Waals surface area contributed by atoms with Crippen molar-refractivity contribution >= 4 is 28.4 Å². The molecule has 1 aromatic carbocycles. The maximum Gasteiger partial charge on any atom is 0.316 e. The fourth-order valence-electron chi connectivity index (χ4n) is 3.36. The molecule has 0 atom stereocenters. The van der Waals surface area contributed by atoms with Crippen LogP contribution in [0.4, 0.5) is 0 Å². The molecule has 0 spiro atoms. The van der Waals surface area contributed by atoms with Crippen molar-refractivity contribution in [2.24, 2.45) is 0 Å². The van der Waals surface area contributed by atoms with Gasteiger partial charge in [-0.3, -0.25) is 4.79 Å². The van der Waals surface area contributed by atoms with Crippen molar-refractivity contribution in [3.05, 3.63) is 53.4 Å². The van der Waals surface area contributed by atoms with Crippen LogP contribution in [0.2, 0.25) is 5.02 Å². The lowest BCUT2D eigenvalue weighted by molar-refractivity contribution is 0.0887. The molecular weight excluding hydrogens is 352 g/mol. The second-order valence-corrected chi connectivity index (χ2v) is 6.93. The average Bonchev–Trinajstić information content (AvgIpc) is 3.09. The molecule has 0 saturated heterocycles. The summed E-state index contributed by atoms with van der Waals surface area (Å²) in [4.78, 5) is 23.9. The molecule has 4 rings (SSSR count). The van der Waals surface area contributed by atoms with Gasteiger partial charge < -0.3 is 15.0 Å². The number of benzene rings is 1. The van der Waals surface area contributed by atoms with Crippen LogP contribution in [0.3, 0.4) is 0 Å². The number of hydrogen-bond acceptors (Lipinski definition) is 4. The highest BCUT2D eigenvalue weighted by molar-refractivity contribution is 6.30. The number of aromatic nitrogens is 3. The highest BCUT2D eigenvalue weighted by Crippen LogP contribution is 2.24. The van der Waals surface area contributed by atoms with E-state index >= 15 is 0 Å². The number of H-pyrrole nitrogens is 1. The number of fused-ring (bicyclic) bond motifs is 1. The van der Waals surface area contributed by atoms with Crippen LogP contribution in [-0.2, 0) is 0 Å². The highest BCUT2D eigenvalue weighted by atomic mass is 35.5. The quantitative estimate of drug-likeness (QED) is 0.733. The molecule has 0 bridgehead atoms. The van der Waals surface area contributed by atoms with E-state index in [2.05, 4.69) is 20.3 Å². The van der Waals surface area contributed by atoms with E-state index in [4.69, 9.17) is 16.3 Å². The third-order valence-corrected chi connectivity index (χ3v) is 4.91. The van der Waals surface area contributed by atoms with Gasteiger partial charge in [0.2, 0.25) is 0 Å². The first-order valence-electron chi connectivity index (χ1n) is 8.70. The number of para-hydroxylation sites is 1. The monoisotopic (exact) mass is 370 g/mol. The predicted molar refractivity (Wildman–Crippen MR) is 99.5 cm³/mol. The number of nitrogens with one attached hydrogen (secondary N) is 2. The molecule has 6 nitrogen and oxygen atoms in total. The number of rotatable bonds is 4. The third-order valence-electron chi connectivity index (χ3n) is 4.71. The highest BCUT2D eigenvalue weighted by Gasteiger charge is 2.25. The molecule has 0 unspecified atom stereocenters. The maximum atomic E-state index is 12.6. The smallest absolute Gasteiger partial charge is 0.316 e. The van der Waals surface area contributed by atoms with Crippen LogP contribution in [0.25, 0.3) is 10.9 Å². The Balaban J connectivity index is 1.32.